The maximum Gasteiger partial charge on any atom is 0.149 e. The number of halogens is 1. The van der Waals surface area contributed by atoms with E-state index in [1.807, 2.05) is 16.8 Å². The Bertz CT molecular complexity index is 1330. The molecule has 2 aromatic carbocycles. The lowest BCUT2D eigenvalue weighted by molar-refractivity contribution is -0.0146. The van der Waals surface area contributed by atoms with Gasteiger partial charge < -0.3 is 20.7 Å². The van der Waals surface area contributed by atoms with Gasteiger partial charge in [0.2, 0.25) is 0 Å². The average Bonchev–Trinajstić information content (AvgIpc) is 3.60. The van der Waals surface area contributed by atoms with Gasteiger partial charge in [-0.3, -0.25) is 0 Å². The molecule has 6 rings (SSSR count). The van der Waals surface area contributed by atoms with Gasteiger partial charge in [-0.1, -0.05) is 12.5 Å². The molecule has 3 aromatic rings. The summed E-state index contributed by atoms with van der Waals surface area (Å²) in [6.07, 6.45) is 8.95. The highest BCUT2D eigenvalue weighted by atomic mass is 19.1. The molecule has 1 aromatic heterocycles. The van der Waals surface area contributed by atoms with E-state index in [4.69, 9.17) is 15.6 Å². The minimum absolute atomic E-state index is 0.0347. The van der Waals surface area contributed by atoms with E-state index in [2.05, 4.69) is 34.5 Å². The number of hydrogen-bond donors (Lipinski definition) is 2. The van der Waals surface area contributed by atoms with Crippen LogP contribution in [0.4, 0.5) is 15.9 Å². The highest BCUT2D eigenvalue weighted by Gasteiger charge is 2.38. The van der Waals surface area contributed by atoms with Crippen molar-refractivity contribution in [3.05, 3.63) is 59.9 Å². The third kappa shape index (κ3) is 5.52. The lowest BCUT2D eigenvalue weighted by atomic mass is 9.86. The normalized spacial score (nSPS) is 22.6. The number of anilines is 2. The number of ether oxygens (including phenoxy) is 1. The molecular weight excluding hydrogens is 491 g/mol. The number of nitrogens with two attached hydrogens (primary N) is 1. The summed E-state index contributed by atoms with van der Waals surface area (Å²) in [5.74, 6) is 0.737. The number of nitrogens with zero attached hydrogens (tertiary/aromatic N) is 4. The molecule has 2 aliphatic heterocycles. The molecule has 3 aliphatic rings. The Morgan fingerprint density at radius 3 is 2.54 bits per heavy atom. The van der Waals surface area contributed by atoms with Crippen molar-refractivity contribution in [2.45, 2.75) is 63.0 Å². The van der Waals surface area contributed by atoms with E-state index >= 15 is 0 Å². The Morgan fingerprint density at radius 2 is 1.85 bits per heavy atom. The van der Waals surface area contributed by atoms with Crippen molar-refractivity contribution < 1.29 is 9.13 Å². The maximum absolute atomic E-state index is 14.6. The zero-order valence-electron chi connectivity index (χ0n) is 22.4. The van der Waals surface area contributed by atoms with E-state index in [0.717, 1.165) is 75.5 Å². The first-order valence-corrected chi connectivity index (χ1v) is 14.3. The van der Waals surface area contributed by atoms with Crippen LogP contribution in [0.1, 0.15) is 56.9 Å². The average molecular weight is 529 g/mol. The smallest absolute Gasteiger partial charge is 0.149 e. The van der Waals surface area contributed by atoms with Crippen molar-refractivity contribution in [1.82, 2.24) is 9.78 Å². The third-order valence-electron chi connectivity index (χ3n) is 8.81. The molecular formula is C31H37FN6O. The molecule has 1 saturated carbocycles. The number of nitriles is 1. The van der Waals surface area contributed by atoms with Gasteiger partial charge in [-0.05, 0) is 87.3 Å². The number of rotatable bonds is 6. The third-order valence-corrected chi connectivity index (χ3v) is 8.81. The Kier molecular flexibility index (Phi) is 7.28. The highest BCUT2D eigenvalue weighted by molar-refractivity contribution is 5.67. The largest absolute Gasteiger partial charge is 0.375 e. The van der Waals surface area contributed by atoms with Gasteiger partial charge in [0.05, 0.1) is 22.5 Å². The Labute approximate surface area is 229 Å². The van der Waals surface area contributed by atoms with Crippen LogP contribution in [0.3, 0.4) is 0 Å². The van der Waals surface area contributed by atoms with Gasteiger partial charge in [-0.25, -0.2) is 9.07 Å². The van der Waals surface area contributed by atoms with E-state index in [0.29, 0.717) is 11.5 Å². The predicted octanol–water partition coefficient (Wildman–Crippen LogP) is 5.63. The molecule has 1 aliphatic carbocycles. The summed E-state index contributed by atoms with van der Waals surface area (Å²) in [7, 11) is 0. The summed E-state index contributed by atoms with van der Waals surface area (Å²) in [5, 5.41) is 17.6. The molecule has 0 unspecified atom stereocenters. The first-order chi connectivity index (χ1) is 19.0. The van der Waals surface area contributed by atoms with Crippen LogP contribution in [0.15, 0.2) is 48.5 Å². The Morgan fingerprint density at radius 1 is 1.05 bits per heavy atom. The molecule has 1 spiro atoms. The predicted molar refractivity (Wildman–Crippen MR) is 151 cm³/mol. The second-order valence-corrected chi connectivity index (χ2v) is 11.4. The van der Waals surface area contributed by atoms with Crippen molar-refractivity contribution in [1.29, 1.82) is 5.26 Å². The lowest BCUT2D eigenvalue weighted by Gasteiger charge is -2.39. The van der Waals surface area contributed by atoms with Gasteiger partial charge in [0, 0.05) is 49.6 Å². The Balaban J connectivity index is 1.24. The van der Waals surface area contributed by atoms with Crippen LogP contribution < -0.4 is 16.0 Å². The summed E-state index contributed by atoms with van der Waals surface area (Å²) in [6.45, 7) is 3.70. The first-order valence-electron chi connectivity index (χ1n) is 14.3. The molecule has 0 amide bonds. The fourth-order valence-electron chi connectivity index (χ4n) is 6.53. The summed E-state index contributed by atoms with van der Waals surface area (Å²) in [6, 6.07) is 17.3. The van der Waals surface area contributed by atoms with Crippen molar-refractivity contribution in [2.75, 3.05) is 36.5 Å². The minimum Gasteiger partial charge on any atom is -0.375 e. The standard InChI is InChI=1S/C31H37FN6O/c32-28-18-23(5-6-24(28)20-33)29-19-30(35-21-22-3-1-4-25(34)17-22)36-38(29)27-9-7-26(8-10-27)37-14-12-31(13-15-37)11-2-16-39-31/h5-10,18-19,22,25H,1-4,11-17,21,34H2,(H,35,36)/t22-,25-/m0/s1. The molecule has 0 radical (unpaired) electrons. The van der Waals surface area contributed by atoms with Crippen LogP contribution in [0, 0.1) is 23.1 Å². The number of nitrogens with one attached hydrogen (secondary N) is 1. The van der Waals surface area contributed by atoms with Crippen LogP contribution in [0.5, 0.6) is 0 Å². The highest BCUT2D eigenvalue weighted by Crippen LogP contribution is 2.37. The Hall–Kier alpha value is -3.41. The SMILES string of the molecule is N#Cc1ccc(-c2cc(NC[C@H]3CCC[C@H](N)C3)nn2-c2ccc(N3CCC4(CCCO4)CC3)cc2)cc1F. The van der Waals surface area contributed by atoms with Gasteiger partial charge >= 0.3 is 0 Å². The topological polar surface area (TPSA) is 92.1 Å². The molecule has 8 heteroatoms. The van der Waals surface area contributed by atoms with E-state index in [-0.39, 0.29) is 17.2 Å². The van der Waals surface area contributed by atoms with Crippen LogP contribution >= 0.6 is 0 Å². The number of hydrogen-bond acceptors (Lipinski definition) is 6. The molecule has 39 heavy (non-hydrogen) atoms. The zero-order chi connectivity index (χ0) is 26.8. The van der Waals surface area contributed by atoms with Gasteiger partial charge in [-0.2, -0.15) is 5.26 Å². The fraction of sp³-hybridized carbons (Fsp3) is 0.484. The lowest BCUT2D eigenvalue weighted by Crippen LogP contribution is -2.44. The van der Waals surface area contributed by atoms with Crippen LogP contribution in [0.2, 0.25) is 0 Å². The molecule has 3 fully saturated rings. The minimum atomic E-state index is -0.530. The monoisotopic (exact) mass is 528 g/mol. The van der Waals surface area contributed by atoms with Gasteiger partial charge in [0.25, 0.3) is 0 Å². The van der Waals surface area contributed by atoms with E-state index < -0.39 is 5.82 Å². The molecule has 2 atom stereocenters. The number of benzene rings is 2. The zero-order valence-corrected chi connectivity index (χ0v) is 22.4. The van der Waals surface area contributed by atoms with E-state index in [1.54, 1.807) is 6.07 Å². The molecule has 204 valence electrons. The molecule has 3 heterocycles. The number of aromatic nitrogens is 2. The first kappa shape index (κ1) is 25.8. The second-order valence-electron chi connectivity index (χ2n) is 11.4. The summed E-state index contributed by atoms with van der Waals surface area (Å²) in [4.78, 5) is 2.43. The summed E-state index contributed by atoms with van der Waals surface area (Å²) in [5.41, 5.74) is 9.87. The summed E-state index contributed by atoms with van der Waals surface area (Å²) >= 11 is 0. The molecule has 3 N–H and O–H groups in total. The van der Waals surface area contributed by atoms with Gasteiger partial charge in [-0.15, -0.1) is 5.10 Å². The second kappa shape index (κ2) is 11.0. The quantitative estimate of drug-likeness (QED) is 0.431. The maximum atomic E-state index is 14.6. The van der Waals surface area contributed by atoms with Crippen molar-refractivity contribution >= 4 is 11.5 Å². The summed E-state index contributed by atoms with van der Waals surface area (Å²) < 4.78 is 22.5. The van der Waals surface area contributed by atoms with Crippen molar-refractivity contribution in [2.24, 2.45) is 11.7 Å². The van der Waals surface area contributed by atoms with Crippen molar-refractivity contribution in [3.63, 3.8) is 0 Å². The fourth-order valence-corrected chi connectivity index (χ4v) is 6.53. The van der Waals surface area contributed by atoms with Gasteiger partial charge in [0.15, 0.2) is 0 Å². The van der Waals surface area contributed by atoms with E-state index in [1.165, 1.54) is 37.1 Å². The molecule has 0 bridgehead atoms. The van der Waals surface area contributed by atoms with Crippen LogP contribution in [0.25, 0.3) is 16.9 Å². The van der Waals surface area contributed by atoms with Crippen LogP contribution in [-0.2, 0) is 4.74 Å². The van der Waals surface area contributed by atoms with Crippen molar-refractivity contribution in [3.8, 4) is 23.0 Å². The van der Waals surface area contributed by atoms with Crippen LogP contribution in [-0.4, -0.2) is 47.7 Å². The number of piperidine rings is 1. The molecule has 7 nitrogen and oxygen atoms in total. The van der Waals surface area contributed by atoms with Gasteiger partial charge in [0.1, 0.15) is 17.7 Å². The van der Waals surface area contributed by atoms with E-state index in [9.17, 15) is 9.65 Å². The molecule has 2 saturated heterocycles.